The van der Waals surface area contributed by atoms with E-state index in [1.165, 1.54) is 41.9 Å². The van der Waals surface area contributed by atoms with Gasteiger partial charge in [-0.25, -0.2) is 4.98 Å². The highest BCUT2D eigenvalue weighted by Crippen LogP contribution is 2.27. The molecule has 1 aliphatic heterocycles. The number of nitrogens with one attached hydrogen (secondary N) is 1. The molecule has 2 heterocycles. The van der Waals surface area contributed by atoms with E-state index < -0.39 is 0 Å². The van der Waals surface area contributed by atoms with Crippen molar-refractivity contribution in [1.29, 1.82) is 0 Å². The summed E-state index contributed by atoms with van der Waals surface area (Å²) >= 11 is 1.71. The average Bonchev–Trinajstić information content (AvgIpc) is 2.93. The molecule has 1 fully saturated rings. The summed E-state index contributed by atoms with van der Waals surface area (Å²) in [7, 11) is 2.20. The molecular weight excluding hydrogens is 278 g/mol. The van der Waals surface area contributed by atoms with Crippen LogP contribution >= 0.6 is 11.3 Å². The van der Waals surface area contributed by atoms with Gasteiger partial charge in [0.25, 0.3) is 0 Å². The number of rotatable bonds is 4. The fourth-order valence-electron chi connectivity index (χ4n) is 2.83. The zero-order chi connectivity index (χ0) is 14.7. The van der Waals surface area contributed by atoms with E-state index in [1.54, 1.807) is 11.3 Å². The van der Waals surface area contributed by atoms with Gasteiger partial charge in [-0.3, -0.25) is 0 Å². The predicted molar refractivity (Wildman–Crippen MR) is 89.6 cm³/mol. The van der Waals surface area contributed by atoms with E-state index in [2.05, 4.69) is 53.4 Å². The molecule has 0 atom stereocenters. The second-order valence-electron chi connectivity index (χ2n) is 5.92. The molecule has 0 amide bonds. The highest BCUT2D eigenvalue weighted by Gasteiger charge is 2.15. The van der Waals surface area contributed by atoms with Crippen LogP contribution in [-0.2, 0) is 6.54 Å². The minimum atomic E-state index is 0.671. The Balaban J connectivity index is 1.56. The summed E-state index contributed by atoms with van der Waals surface area (Å²) in [5.41, 5.74) is 5.68. The third-order valence-corrected chi connectivity index (χ3v) is 5.25. The van der Waals surface area contributed by atoms with Crippen molar-refractivity contribution in [3.8, 4) is 10.4 Å². The van der Waals surface area contributed by atoms with Crippen LogP contribution in [0.5, 0.6) is 0 Å². The van der Waals surface area contributed by atoms with Crippen LogP contribution in [0.4, 0.5) is 0 Å². The second-order valence-corrected chi connectivity index (χ2v) is 6.78. The Kier molecular flexibility index (Phi) is 4.68. The van der Waals surface area contributed by atoms with Gasteiger partial charge in [0.2, 0.25) is 0 Å². The van der Waals surface area contributed by atoms with E-state index in [0.717, 1.165) is 12.2 Å². The molecule has 0 unspecified atom stereocenters. The molecule has 112 valence electrons. The first-order chi connectivity index (χ1) is 10.2. The Labute approximate surface area is 131 Å². The summed E-state index contributed by atoms with van der Waals surface area (Å²) < 4.78 is 0. The van der Waals surface area contributed by atoms with E-state index in [0.29, 0.717) is 6.04 Å². The van der Waals surface area contributed by atoms with Crippen molar-refractivity contribution >= 4 is 11.3 Å². The van der Waals surface area contributed by atoms with Gasteiger partial charge >= 0.3 is 0 Å². The summed E-state index contributed by atoms with van der Waals surface area (Å²) in [6, 6.07) is 9.57. The molecular formula is C17H23N3S. The lowest BCUT2D eigenvalue weighted by atomic mass is 10.0. The number of nitrogens with zero attached hydrogens (tertiary/aromatic N) is 2. The van der Waals surface area contributed by atoms with Crippen molar-refractivity contribution in [3.05, 3.63) is 41.0 Å². The molecule has 3 nitrogen and oxygen atoms in total. The maximum atomic E-state index is 4.32. The molecule has 0 spiro atoms. The Morgan fingerprint density at radius 3 is 2.57 bits per heavy atom. The summed E-state index contributed by atoms with van der Waals surface area (Å²) in [5.74, 6) is 0. The molecule has 2 aromatic rings. The van der Waals surface area contributed by atoms with E-state index in [9.17, 15) is 0 Å². The molecule has 1 N–H and O–H groups in total. The monoisotopic (exact) mass is 301 g/mol. The third-order valence-electron chi connectivity index (χ3n) is 4.28. The van der Waals surface area contributed by atoms with Gasteiger partial charge < -0.3 is 10.2 Å². The highest BCUT2D eigenvalue weighted by molar-refractivity contribution is 7.13. The van der Waals surface area contributed by atoms with Crippen molar-refractivity contribution < 1.29 is 0 Å². The molecule has 1 aliphatic rings. The quantitative estimate of drug-likeness (QED) is 0.939. The van der Waals surface area contributed by atoms with Gasteiger partial charge in [0, 0.05) is 12.6 Å². The Bertz CT molecular complexity index is 568. The first-order valence-corrected chi connectivity index (χ1v) is 8.51. The summed E-state index contributed by atoms with van der Waals surface area (Å²) in [6.45, 7) is 5.46. The molecule has 1 saturated heterocycles. The molecule has 4 heteroatoms. The van der Waals surface area contributed by atoms with E-state index in [1.807, 2.05) is 5.51 Å². The fraction of sp³-hybridized carbons (Fsp3) is 0.471. The minimum absolute atomic E-state index is 0.671. The summed E-state index contributed by atoms with van der Waals surface area (Å²) in [5, 5.41) is 3.69. The summed E-state index contributed by atoms with van der Waals surface area (Å²) in [6.07, 6.45) is 2.52. The number of likely N-dealkylation sites (tertiary alicyclic amines) is 1. The zero-order valence-electron chi connectivity index (χ0n) is 12.8. The number of piperidine rings is 1. The zero-order valence-corrected chi connectivity index (χ0v) is 13.6. The van der Waals surface area contributed by atoms with E-state index >= 15 is 0 Å². The Morgan fingerprint density at radius 2 is 1.95 bits per heavy atom. The molecule has 3 rings (SSSR count). The van der Waals surface area contributed by atoms with Gasteiger partial charge in [-0.1, -0.05) is 24.3 Å². The molecule has 0 aliphatic carbocycles. The van der Waals surface area contributed by atoms with E-state index in [4.69, 9.17) is 0 Å². The van der Waals surface area contributed by atoms with Gasteiger partial charge in [-0.15, -0.1) is 11.3 Å². The molecule has 0 bridgehead atoms. The smallest absolute Gasteiger partial charge is 0.0801 e. The summed E-state index contributed by atoms with van der Waals surface area (Å²) in [4.78, 5) is 8.01. The van der Waals surface area contributed by atoms with Gasteiger partial charge in [0.05, 0.1) is 16.1 Å². The second kappa shape index (κ2) is 6.69. The maximum absolute atomic E-state index is 4.32. The standard InChI is InChI=1S/C17H23N3S/c1-13-17(21-12-19-13)15-5-3-14(4-6-15)11-18-16-7-9-20(2)10-8-16/h3-6,12,16,18H,7-11H2,1-2H3. The molecule has 0 radical (unpaired) electrons. The maximum Gasteiger partial charge on any atom is 0.0801 e. The average molecular weight is 301 g/mol. The number of aryl methyl sites for hydroxylation is 1. The first-order valence-electron chi connectivity index (χ1n) is 7.63. The van der Waals surface area contributed by atoms with Crippen LogP contribution in [0.25, 0.3) is 10.4 Å². The first kappa shape index (κ1) is 14.7. The van der Waals surface area contributed by atoms with Gasteiger partial charge in [0.1, 0.15) is 0 Å². The number of hydrogen-bond acceptors (Lipinski definition) is 4. The number of aromatic nitrogens is 1. The molecule has 21 heavy (non-hydrogen) atoms. The largest absolute Gasteiger partial charge is 0.310 e. The minimum Gasteiger partial charge on any atom is -0.310 e. The predicted octanol–water partition coefficient (Wildman–Crippen LogP) is 3.30. The Morgan fingerprint density at radius 1 is 1.24 bits per heavy atom. The topological polar surface area (TPSA) is 28.2 Å². The van der Waals surface area contributed by atoms with Gasteiger partial charge in [0.15, 0.2) is 0 Å². The highest BCUT2D eigenvalue weighted by atomic mass is 32.1. The van der Waals surface area contributed by atoms with Gasteiger partial charge in [-0.2, -0.15) is 0 Å². The van der Waals surface area contributed by atoms with Crippen molar-refractivity contribution in [2.45, 2.75) is 32.4 Å². The van der Waals surface area contributed by atoms with Crippen molar-refractivity contribution in [2.24, 2.45) is 0 Å². The molecule has 0 saturated carbocycles. The van der Waals surface area contributed by atoms with Crippen molar-refractivity contribution in [3.63, 3.8) is 0 Å². The lowest BCUT2D eigenvalue weighted by molar-refractivity contribution is 0.234. The normalized spacial score (nSPS) is 17.2. The van der Waals surface area contributed by atoms with Gasteiger partial charge in [-0.05, 0) is 51.0 Å². The lowest BCUT2D eigenvalue weighted by Gasteiger charge is -2.29. The van der Waals surface area contributed by atoms with Crippen LogP contribution in [0.2, 0.25) is 0 Å². The van der Waals surface area contributed by atoms with Crippen LogP contribution in [-0.4, -0.2) is 36.1 Å². The fourth-order valence-corrected chi connectivity index (χ4v) is 3.64. The number of hydrogen-bond donors (Lipinski definition) is 1. The van der Waals surface area contributed by atoms with Crippen LogP contribution in [0.1, 0.15) is 24.1 Å². The van der Waals surface area contributed by atoms with Crippen LogP contribution in [0.15, 0.2) is 29.8 Å². The SMILES string of the molecule is Cc1ncsc1-c1ccc(CNC2CCN(C)CC2)cc1. The molecule has 1 aromatic carbocycles. The van der Waals surface area contributed by atoms with Crippen LogP contribution in [0, 0.1) is 6.92 Å². The van der Waals surface area contributed by atoms with Crippen molar-refractivity contribution in [2.75, 3.05) is 20.1 Å². The number of benzene rings is 1. The lowest BCUT2D eigenvalue weighted by Crippen LogP contribution is -2.40. The van der Waals surface area contributed by atoms with Crippen molar-refractivity contribution in [1.82, 2.24) is 15.2 Å². The number of thiazole rings is 1. The van der Waals surface area contributed by atoms with Crippen LogP contribution < -0.4 is 5.32 Å². The van der Waals surface area contributed by atoms with E-state index in [-0.39, 0.29) is 0 Å². The van der Waals surface area contributed by atoms with Crippen LogP contribution in [0.3, 0.4) is 0 Å². The molecule has 1 aromatic heterocycles. The Hall–Kier alpha value is -1.23. The third kappa shape index (κ3) is 3.70.